The van der Waals surface area contributed by atoms with Gasteiger partial charge in [-0.15, -0.1) is 0 Å². The number of furan rings is 1. The lowest BCUT2D eigenvalue weighted by molar-refractivity contribution is 0.0519. The number of nitriles is 1. The van der Waals surface area contributed by atoms with Crippen molar-refractivity contribution >= 4 is 5.91 Å². The molecule has 1 amide bonds. The van der Waals surface area contributed by atoms with Crippen molar-refractivity contribution in [2.45, 2.75) is 13.0 Å². The van der Waals surface area contributed by atoms with Crippen LogP contribution in [0.2, 0.25) is 0 Å². The van der Waals surface area contributed by atoms with E-state index in [2.05, 4.69) is 6.07 Å². The van der Waals surface area contributed by atoms with E-state index in [1.54, 1.807) is 30.9 Å². The summed E-state index contributed by atoms with van der Waals surface area (Å²) in [5.41, 5.74) is 0.488. The van der Waals surface area contributed by atoms with Crippen molar-refractivity contribution in [3.63, 3.8) is 0 Å². The number of hydrogen-bond donors (Lipinski definition) is 0. The Balaban J connectivity index is 1.54. The zero-order chi connectivity index (χ0) is 19.7. The van der Waals surface area contributed by atoms with E-state index in [4.69, 9.17) is 13.9 Å². The van der Waals surface area contributed by atoms with Crippen LogP contribution < -0.4 is 9.47 Å². The number of aryl methyl sites for hydroxylation is 1. The topological polar surface area (TPSA) is 80.6 Å². The minimum Gasteiger partial charge on any atom is -0.486 e. The van der Waals surface area contributed by atoms with Crippen molar-refractivity contribution in [2.24, 2.45) is 0 Å². The Morgan fingerprint density at radius 1 is 1.25 bits per heavy atom. The van der Waals surface area contributed by atoms with Crippen LogP contribution in [-0.4, -0.2) is 41.7 Å². The SMILES string of the molecule is Cc1oc(-n2cccc2)c(C#N)c1C(=O)N(C)C[C@H]1COc2ccccc2O1. The Morgan fingerprint density at radius 2 is 1.96 bits per heavy atom. The molecule has 1 aliphatic heterocycles. The molecule has 1 aromatic carbocycles. The summed E-state index contributed by atoms with van der Waals surface area (Å²) in [6.07, 6.45) is 3.23. The monoisotopic (exact) mass is 377 g/mol. The number of aromatic nitrogens is 1. The van der Waals surface area contributed by atoms with Gasteiger partial charge < -0.3 is 18.8 Å². The highest BCUT2D eigenvalue weighted by atomic mass is 16.6. The van der Waals surface area contributed by atoms with Gasteiger partial charge in [0.05, 0.1) is 6.54 Å². The van der Waals surface area contributed by atoms with Crippen LogP contribution in [0, 0.1) is 18.3 Å². The third-order valence-electron chi connectivity index (χ3n) is 4.62. The Morgan fingerprint density at radius 3 is 2.68 bits per heavy atom. The summed E-state index contributed by atoms with van der Waals surface area (Å²) in [6, 6.07) is 13.2. The van der Waals surface area contributed by atoms with Crippen molar-refractivity contribution in [3.05, 3.63) is 65.7 Å². The molecule has 4 rings (SSSR count). The second kappa shape index (κ2) is 7.16. The first-order chi connectivity index (χ1) is 13.6. The molecule has 0 unspecified atom stereocenters. The molecule has 0 saturated carbocycles. The van der Waals surface area contributed by atoms with E-state index >= 15 is 0 Å². The van der Waals surface area contributed by atoms with Gasteiger partial charge in [-0.3, -0.25) is 9.36 Å². The van der Waals surface area contributed by atoms with E-state index in [1.807, 2.05) is 36.4 Å². The first kappa shape index (κ1) is 17.7. The summed E-state index contributed by atoms with van der Waals surface area (Å²) < 4.78 is 19.0. The van der Waals surface area contributed by atoms with Gasteiger partial charge in [0.15, 0.2) is 17.6 Å². The quantitative estimate of drug-likeness (QED) is 0.698. The molecular weight excluding hydrogens is 358 g/mol. The maximum absolute atomic E-state index is 13.1. The predicted octanol–water partition coefficient (Wildman–Crippen LogP) is 3.16. The second-order valence-corrected chi connectivity index (χ2v) is 6.60. The van der Waals surface area contributed by atoms with E-state index in [9.17, 15) is 10.1 Å². The van der Waals surface area contributed by atoms with Gasteiger partial charge in [0.1, 0.15) is 29.6 Å². The Labute approximate surface area is 162 Å². The summed E-state index contributed by atoms with van der Waals surface area (Å²) in [4.78, 5) is 14.6. The molecule has 0 radical (unpaired) electrons. The van der Waals surface area contributed by atoms with Crippen LogP contribution >= 0.6 is 0 Å². The van der Waals surface area contributed by atoms with Crippen LogP contribution in [0.15, 0.2) is 53.2 Å². The summed E-state index contributed by atoms with van der Waals surface area (Å²) in [5.74, 6) is 1.81. The molecule has 7 nitrogen and oxygen atoms in total. The molecule has 0 bridgehead atoms. The number of carbonyl (C=O) groups is 1. The predicted molar refractivity (Wildman–Crippen MR) is 101 cm³/mol. The highest BCUT2D eigenvalue weighted by Crippen LogP contribution is 2.31. The van der Waals surface area contributed by atoms with Crippen LogP contribution in [0.5, 0.6) is 11.5 Å². The maximum atomic E-state index is 13.1. The molecule has 0 saturated heterocycles. The molecule has 1 aliphatic rings. The van der Waals surface area contributed by atoms with Crippen LogP contribution in [0.1, 0.15) is 21.7 Å². The van der Waals surface area contributed by atoms with Crippen molar-refractivity contribution in [1.29, 1.82) is 5.26 Å². The van der Waals surface area contributed by atoms with E-state index in [1.165, 1.54) is 4.90 Å². The average molecular weight is 377 g/mol. The minimum atomic E-state index is -0.300. The molecule has 142 valence electrons. The smallest absolute Gasteiger partial charge is 0.258 e. The molecule has 2 aromatic heterocycles. The van der Waals surface area contributed by atoms with Crippen molar-refractivity contribution in [1.82, 2.24) is 9.47 Å². The standard InChI is InChI=1S/C21H19N3O4/c1-14-19(16(11-22)21(27-14)24-9-5-6-10-24)20(25)23(2)12-15-13-26-17-7-3-4-8-18(17)28-15/h3-10,15H,12-13H2,1-2H3/t15-/m0/s1. The van der Waals surface area contributed by atoms with E-state index in [-0.39, 0.29) is 23.1 Å². The van der Waals surface area contributed by atoms with Gasteiger partial charge in [-0.05, 0) is 31.2 Å². The molecule has 3 aromatic rings. The third kappa shape index (κ3) is 3.09. The van der Waals surface area contributed by atoms with Crippen LogP contribution in [0.3, 0.4) is 0 Å². The van der Waals surface area contributed by atoms with Gasteiger partial charge in [-0.25, -0.2) is 0 Å². The largest absolute Gasteiger partial charge is 0.486 e. The Hall–Kier alpha value is -3.66. The number of hydrogen-bond acceptors (Lipinski definition) is 5. The third-order valence-corrected chi connectivity index (χ3v) is 4.62. The lowest BCUT2D eigenvalue weighted by atomic mass is 10.1. The summed E-state index contributed by atoms with van der Waals surface area (Å²) >= 11 is 0. The zero-order valence-corrected chi connectivity index (χ0v) is 15.6. The maximum Gasteiger partial charge on any atom is 0.258 e. The molecule has 1 atom stereocenters. The molecule has 0 fully saturated rings. The van der Waals surface area contributed by atoms with Crippen molar-refractivity contribution in [2.75, 3.05) is 20.2 Å². The Kier molecular flexibility index (Phi) is 4.53. The number of fused-ring (bicyclic) bond motifs is 1. The molecule has 0 N–H and O–H groups in total. The fraction of sp³-hybridized carbons (Fsp3) is 0.238. The fourth-order valence-electron chi connectivity index (χ4n) is 3.28. The zero-order valence-electron chi connectivity index (χ0n) is 15.6. The van der Waals surface area contributed by atoms with Crippen LogP contribution in [0.4, 0.5) is 0 Å². The number of amides is 1. The molecule has 3 heterocycles. The van der Waals surface area contributed by atoms with Crippen LogP contribution in [0.25, 0.3) is 5.88 Å². The second-order valence-electron chi connectivity index (χ2n) is 6.60. The highest BCUT2D eigenvalue weighted by molar-refractivity contribution is 5.98. The first-order valence-electron chi connectivity index (χ1n) is 8.89. The van der Waals surface area contributed by atoms with E-state index < -0.39 is 0 Å². The number of ether oxygens (including phenoxy) is 2. The summed E-state index contributed by atoms with van der Waals surface area (Å²) in [7, 11) is 1.68. The van der Waals surface area contributed by atoms with E-state index in [0.29, 0.717) is 36.3 Å². The van der Waals surface area contributed by atoms with Gasteiger partial charge in [-0.2, -0.15) is 5.26 Å². The molecule has 0 aliphatic carbocycles. The summed E-state index contributed by atoms with van der Waals surface area (Å²) in [5, 5.41) is 9.63. The van der Waals surface area contributed by atoms with E-state index in [0.717, 1.165) is 0 Å². The number of para-hydroxylation sites is 2. The summed E-state index contributed by atoms with van der Waals surface area (Å²) in [6.45, 7) is 2.35. The lowest BCUT2D eigenvalue weighted by Crippen LogP contribution is -2.42. The van der Waals surface area contributed by atoms with Gasteiger partial charge in [0.2, 0.25) is 5.88 Å². The highest BCUT2D eigenvalue weighted by Gasteiger charge is 2.29. The lowest BCUT2D eigenvalue weighted by Gasteiger charge is -2.29. The number of benzene rings is 1. The van der Waals surface area contributed by atoms with Crippen molar-refractivity contribution < 1.29 is 18.7 Å². The average Bonchev–Trinajstić information content (AvgIpc) is 3.34. The van der Waals surface area contributed by atoms with Gasteiger partial charge in [-0.1, -0.05) is 12.1 Å². The number of nitrogens with zero attached hydrogens (tertiary/aromatic N) is 3. The van der Waals surface area contributed by atoms with Gasteiger partial charge in [0.25, 0.3) is 5.91 Å². The number of rotatable bonds is 4. The van der Waals surface area contributed by atoms with Crippen LogP contribution in [-0.2, 0) is 0 Å². The molecule has 28 heavy (non-hydrogen) atoms. The van der Waals surface area contributed by atoms with Gasteiger partial charge in [0, 0.05) is 19.4 Å². The number of carbonyl (C=O) groups excluding carboxylic acids is 1. The normalized spacial score (nSPS) is 15.1. The number of likely N-dealkylation sites (N-methyl/N-ethyl adjacent to an activating group) is 1. The van der Waals surface area contributed by atoms with Gasteiger partial charge >= 0.3 is 0 Å². The molecule has 0 spiro atoms. The fourth-order valence-corrected chi connectivity index (χ4v) is 3.28. The Bertz CT molecular complexity index is 1050. The minimum absolute atomic E-state index is 0.219. The molecular formula is C21H19N3O4. The molecule has 7 heteroatoms. The van der Waals surface area contributed by atoms with Crippen molar-refractivity contribution in [3.8, 4) is 23.5 Å². The first-order valence-corrected chi connectivity index (χ1v) is 8.89.